The first-order valence-corrected chi connectivity index (χ1v) is 9.79. The molecule has 2 aromatic carbocycles. The van der Waals surface area contributed by atoms with Gasteiger partial charge in [-0.15, -0.1) is 0 Å². The number of aromatic nitrogens is 3. The fraction of sp³-hybridized carbons (Fsp3) is 0.250. The molecular weight excluding hydrogens is 394 g/mol. The molecule has 0 spiro atoms. The lowest BCUT2D eigenvalue weighted by Crippen LogP contribution is -2.36. The molecule has 1 aromatic heterocycles. The SMILES string of the molecule is CN1CCN(C(=O)Cn2c(-c3ccc(Cl)cc3)n[nH]c2=S)Cc2ccccc21. The Morgan fingerprint density at radius 3 is 2.71 bits per heavy atom. The van der Waals surface area contributed by atoms with Crippen LogP contribution in [0.15, 0.2) is 48.5 Å². The van der Waals surface area contributed by atoms with Crippen molar-refractivity contribution in [2.24, 2.45) is 0 Å². The zero-order valence-corrected chi connectivity index (χ0v) is 17.0. The van der Waals surface area contributed by atoms with Crippen LogP contribution in [0.2, 0.25) is 5.02 Å². The lowest BCUT2D eigenvalue weighted by atomic mass is 10.1. The number of rotatable bonds is 3. The van der Waals surface area contributed by atoms with Gasteiger partial charge in [-0.25, -0.2) is 0 Å². The van der Waals surface area contributed by atoms with Crippen molar-refractivity contribution in [2.45, 2.75) is 13.1 Å². The van der Waals surface area contributed by atoms with Crippen molar-refractivity contribution in [1.82, 2.24) is 19.7 Å². The Kier molecular flexibility index (Phi) is 5.19. The summed E-state index contributed by atoms with van der Waals surface area (Å²) in [6.45, 7) is 2.16. The van der Waals surface area contributed by atoms with Gasteiger partial charge in [-0.1, -0.05) is 29.8 Å². The number of amides is 1. The van der Waals surface area contributed by atoms with E-state index in [9.17, 15) is 4.79 Å². The number of nitrogens with one attached hydrogen (secondary N) is 1. The van der Waals surface area contributed by atoms with Crippen molar-refractivity contribution in [3.8, 4) is 11.4 Å². The molecule has 0 unspecified atom stereocenters. The normalized spacial score (nSPS) is 13.9. The van der Waals surface area contributed by atoms with Gasteiger partial charge in [0.1, 0.15) is 6.54 Å². The number of nitrogens with zero attached hydrogens (tertiary/aromatic N) is 4. The van der Waals surface area contributed by atoms with Gasteiger partial charge >= 0.3 is 0 Å². The first-order chi connectivity index (χ1) is 13.5. The van der Waals surface area contributed by atoms with Crippen molar-refractivity contribution in [2.75, 3.05) is 25.0 Å². The maximum absolute atomic E-state index is 13.1. The van der Waals surface area contributed by atoms with Crippen LogP contribution in [0.5, 0.6) is 0 Å². The molecular formula is C20H20ClN5OS. The highest BCUT2D eigenvalue weighted by atomic mass is 35.5. The third kappa shape index (κ3) is 3.68. The summed E-state index contributed by atoms with van der Waals surface area (Å²) < 4.78 is 2.16. The first-order valence-electron chi connectivity index (χ1n) is 9.01. The van der Waals surface area contributed by atoms with Crippen molar-refractivity contribution in [3.63, 3.8) is 0 Å². The molecule has 0 saturated carbocycles. The third-order valence-electron chi connectivity index (χ3n) is 4.98. The number of hydrogen-bond donors (Lipinski definition) is 1. The van der Waals surface area contributed by atoms with Crippen LogP contribution in [0.25, 0.3) is 11.4 Å². The number of halogens is 1. The summed E-state index contributed by atoms with van der Waals surface area (Å²) >= 11 is 11.3. The van der Waals surface area contributed by atoms with Crippen LogP contribution in [0, 0.1) is 4.77 Å². The predicted molar refractivity (Wildman–Crippen MR) is 113 cm³/mol. The minimum Gasteiger partial charge on any atom is -0.373 e. The highest BCUT2D eigenvalue weighted by Gasteiger charge is 2.22. The molecule has 1 N–H and O–H groups in total. The number of hydrogen-bond acceptors (Lipinski definition) is 4. The minimum absolute atomic E-state index is 0.0119. The molecule has 0 bridgehead atoms. The molecule has 8 heteroatoms. The number of carbonyl (C=O) groups is 1. The molecule has 2 heterocycles. The molecule has 3 aromatic rings. The van der Waals surface area contributed by atoms with Crippen LogP contribution in [-0.2, 0) is 17.9 Å². The molecule has 1 amide bonds. The number of carbonyl (C=O) groups excluding carboxylic acids is 1. The van der Waals surface area contributed by atoms with E-state index < -0.39 is 0 Å². The number of fused-ring (bicyclic) bond motifs is 1. The van der Waals surface area contributed by atoms with Crippen molar-refractivity contribution >= 4 is 35.4 Å². The molecule has 6 nitrogen and oxygen atoms in total. The van der Waals surface area contributed by atoms with Crippen molar-refractivity contribution < 1.29 is 4.79 Å². The molecule has 0 fully saturated rings. The Labute approximate surface area is 173 Å². The van der Waals surface area contributed by atoms with Gasteiger partial charge in [0.2, 0.25) is 5.91 Å². The Balaban J connectivity index is 1.59. The van der Waals surface area contributed by atoms with Crippen LogP contribution in [0.1, 0.15) is 5.56 Å². The van der Waals surface area contributed by atoms with Crippen molar-refractivity contribution in [1.29, 1.82) is 0 Å². The topological polar surface area (TPSA) is 57.2 Å². The fourth-order valence-corrected chi connectivity index (χ4v) is 3.75. The number of anilines is 1. The largest absolute Gasteiger partial charge is 0.373 e. The summed E-state index contributed by atoms with van der Waals surface area (Å²) in [5, 5.41) is 7.75. The number of likely N-dealkylation sites (N-methyl/N-ethyl adjacent to an activating group) is 1. The van der Waals surface area contributed by atoms with E-state index in [1.807, 2.05) is 29.2 Å². The molecule has 28 heavy (non-hydrogen) atoms. The van der Waals surface area contributed by atoms with Crippen LogP contribution < -0.4 is 4.90 Å². The van der Waals surface area contributed by atoms with Gasteiger partial charge in [0.25, 0.3) is 0 Å². The zero-order valence-electron chi connectivity index (χ0n) is 15.4. The highest BCUT2D eigenvalue weighted by Crippen LogP contribution is 2.24. The Hall–Kier alpha value is -2.64. The van der Waals surface area contributed by atoms with E-state index in [4.69, 9.17) is 23.8 Å². The first kappa shape index (κ1) is 18.7. The molecule has 0 atom stereocenters. The maximum atomic E-state index is 13.1. The van der Waals surface area contributed by atoms with E-state index in [2.05, 4.69) is 34.3 Å². The summed E-state index contributed by atoms with van der Waals surface area (Å²) in [4.78, 5) is 17.2. The average Bonchev–Trinajstić information content (AvgIpc) is 2.96. The van der Waals surface area contributed by atoms with E-state index >= 15 is 0 Å². The number of benzene rings is 2. The van der Waals surface area contributed by atoms with Crippen LogP contribution in [-0.4, -0.2) is 45.7 Å². The lowest BCUT2D eigenvalue weighted by molar-refractivity contribution is -0.132. The summed E-state index contributed by atoms with van der Waals surface area (Å²) in [7, 11) is 2.05. The van der Waals surface area contributed by atoms with Gasteiger partial charge in [0.15, 0.2) is 10.6 Å². The lowest BCUT2D eigenvalue weighted by Gasteiger charge is -2.21. The fourth-order valence-electron chi connectivity index (χ4n) is 3.42. The molecule has 4 rings (SSSR count). The Bertz CT molecular complexity index is 1060. The van der Waals surface area contributed by atoms with E-state index in [0.717, 1.165) is 17.7 Å². The van der Waals surface area contributed by atoms with Crippen molar-refractivity contribution in [3.05, 3.63) is 63.9 Å². The molecule has 0 saturated heterocycles. The molecule has 0 aliphatic carbocycles. The second-order valence-corrected chi connectivity index (χ2v) is 7.63. The second-order valence-electron chi connectivity index (χ2n) is 6.81. The summed E-state index contributed by atoms with van der Waals surface area (Å²) in [5.74, 6) is 0.639. The second kappa shape index (κ2) is 7.77. The smallest absolute Gasteiger partial charge is 0.243 e. The number of aromatic amines is 1. The van der Waals surface area contributed by atoms with Gasteiger partial charge in [0.05, 0.1) is 0 Å². The third-order valence-corrected chi connectivity index (χ3v) is 5.54. The van der Waals surface area contributed by atoms with Crippen LogP contribution in [0.3, 0.4) is 0 Å². The minimum atomic E-state index is 0.0119. The quantitative estimate of drug-likeness (QED) is 0.664. The monoisotopic (exact) mass is 413 g/mol. The summed E-state index contributed by atoms with van der Waals surface area (Å²) in [6, 6.07) is 15.5. The number of H-pyrrole nitrogens is 1. The van der Waals surface area contributed by atoms with Gasteiger partial charge in [-0.2, -0.15) is 5.10 Å². The standard InChI is InChI=1S/C20H20ClN5OS/c1-24-10-11-25(12-15-4-2-3-5-17(15)24)18(27)13-26-19(22-23-20(26)28)14-6-8-16(21)9-7-14/h2-9H,10-13H2,1H3,(H,23,28). The van der Waals surface area contributed by atoms with Gasteiger partial charge in [0, 0.05) is 43.0 Å². The maximum Gasteiger partial charge on any atom is 0.243 e. The summed E-state index contributed by atoms with van der Waals surface area (Å²) in [6.07, 6.45) is 0. The highest BCUT2D eigenvalue weighted by molar-refractivity contribution is 7.71. The Morgan fingerprint density at radius 2 is 1.93 bits per heavy atom. The molecule has 1 aliphatic rings. The van der Waals surface area contributed by atoms with E-state index in [1.165, 1.54) is 5.69 Å². The van der Waals surface area contributed by atoms with Gasteiger partial charge in [-0.05, 0) is 48.1 Å². The van der Waals surface area contributed by atoms with Crippen LogP contribution in [0.4, 0.5) is 5.69 Å². The van der Waals surface area contributed by atoms with E-state index in [-0.39, 0.29) is 12.5 Å². The van der Waals surface area contributed by atoms with Crippen LogP contribution >= 0.6 is 23.8 Å². The van der Waals surface area contributed by atoms with E-state index in [1.54, 1.807) is 16.7 Å². The predicted octanol–water partition coefficient (Wildman–Crippen LogP) is 3.74. The molecule has 0 radical (unpaired) electrons. The van der Waals surface area contributed by atoms with E-state index in [0.29, 0.717) is 28.7 Å². The summed E-state index contributed by atoms with van der Waals surface area (Å²) in [5.41, 5.74) is 3.16. The molecule has 1 aliphatic heterocycles. The number of para-hydroxylation sites is 1. The zero-order chi connectivity index (χ0) is 19.7. The van der Waals surface area contributed by atoms with Gasteiger partial charge in [-0.3, -0.25) is 14.5 Å². The molecule has 144 valence electrons. The Morgan fingerprint density at radius 1 is 1.18 bits per heavy atom. The average molecular weight is 414 g/mol. The van der Waals surface area contributed by atoms with Gasteiger partial charge < -0.3 is 9.80 Å².